The summed E-state index contributed by atoms with van der Waals surface area (Å²) in [6.45, 7) is 2.58. The average Bonchev–Trinajstić information content (AvgIpc) is 2.93. The van der Waals surface area contributed by atoms with Crippen LogP contribution in [-0.4, -0.2) is 55.1 Å². The molecule has 26 heavy (non-hydrogen) atoms. The molecule has 3 rings (SSSR count). The van der Waals surface area contributed by atoms with Gasteiger partial charge in [-0.15, -0.1) is 0 Å². The van der Waals surface area contributed by atoms with E-state index >= 15 is 0 Å². The van der Waals surface area contributed by atoms with Gasteiger partial charge in [0, 0.05) is 32.0 Å². The second-order valence-corrected chi connectivity index (χ2v) is 8.66. The third kappa shape index (κ3) is 3.73. The van der Waals surface area contributed by atoms with Crippen molar-refractivity contribution in [1.29, 1.82) is 0 Å². The Morgan fingerprint density at radius 3 is 2.77 bits per heavy atom. The molecule has 0 radical (unpaired) electrons. The molecule has 1 atom stereocenters. The van der Waals surface area contributed by atoms with Crippen molar-refractivity contribution < 1.29 is 31.1 Å². The van der Waals surface area contributed by atoms with Crippen molar-refractivity contribution >= 4 is 10.0 Å². The third-order valence-corrected chi connectivity index (χ3v) is 6.45. The van der Waals surface area contributed by atoms with Crippen molar-refractivity contribution in [3.63, 3.8) is 0 Å². The summed E-state index contributed by atoms with van der Waals surface area (Å²) in [6.07, 6.45) is 1.29. The number of alkyl halides is 3. The van der Waals surface area contributed by atoms with Gasteiger partial charge in [0.2, 0.25) is 0 Å². The van der Waals surface area contributed by atoms with Crippen LogP contribution in [0, 0.1) is 12.8 Å². The van der Waals surface area contributed by atoms with Crippen LogP contribution in [0.25, 0.3) is 0 Å². The molecular formula is C16H21F3N2O4S. The van der Waals surface area contributed by atoms with Crippen molar-refractivity contribution in [3.05, 3.63) is 29.6 Å². The predicted octanol–water partition coefficient (Wildman–Crippen LogP) is 2.24. The minimum atomic E-state index is -5.28. The molecule has 0 unspecified atom stereocenters. The van der Waals surface area contributed by atoms with Crippen molar-refractivity contribution in [1.82, 2.24) is 9.29 Å². The van der Waals surface area contributed by atoms with Crippen LogP contribution in [0.5, 0.6) is 0 Å². The molecule has 2 fully saturated rings. The summed E-state index contributed by atoms with van der Waals surface area (Å²) in [7, 11) is -5.28. The number of sulfonamides is 1. The van der Waals surface area contributed by atoms with Crippen LogP contribution in [0.3, 0.4) is 0 Å². The first-order valence-electron chi connectivity index (χ1n) is 8.35. The quantitative estimate of drug-likeness (QED) is 0.693. The molecule has 2 saturated heterocycles. The lowest BCUT2D eigenvalue weighted by Crippen LogP contribution is -2.67. The molecule has 0 amide bonds. The van der Waals surface area contributed by atoms with E-state index in [1.54, 1.807) is 0 Å². The number of aromatic nitrogens is 1. The Morgan fingerprint density at radius 1 is 1.38 bits per heavy atom. The molecule has 3 heterocycles. The summed E-state index contributed by atoms with van der Waals surface area (Å²) < 4.78 is 72.4. The summed E-state index contributed by atoms with van der Waals surface area (Å²) >= 11 is 0. The van der Waals surface area contributed by atoms with Crippen LogP contribution in [0.4, 0.5) is 13.2 Å². The first kappa shape index (κ1) is 19.5. The van der Waals surface area contributed by atoms with Gasteiger partial charge in [0.05, 0.1) is 17.9 Å². The molecule has 6 nitrogen and oxygen atoms in total. The van der Waals surface area contributed by atoms with Crippen LogP contribution in [0.15, 0.2) is 18.2 Å². The second kappa shape index (κ2) is 7.06. The highest BCUT2D eigenvalue weighted by Gasteiger charge is 2.61. The topological polar surface area (TPSA) is 68.7 Å². The molecule has 0 N–H and O–H groups in total. The second-order valence-electron chi connectivity index (χ2n) is 6.73. The fraction of sp³-hybridized carbons (Fsp3) is 0.688. The van der Waals surface area contributed by atoms with Gasteiger partial charge in [0.25, 0.3) is 0 Å². The first-order valence-corrected chi connectivity index (χ1v) is 9.79. The highest BCUT2D eigenvalue weighted by atomic mass is 32.2. The monoisotopic (exact) mass is 394 g/mol. The molecule has 0 saturated carbocycles. The van der Waals surface area contributed by atoms with E-state index in [4.69, 9.17) is 9.47 Å². The number of nitrogens with zero attached hydrogens (tertiary/aromatic N) is 2. The molecular weight excluding hydrogens is 373 g/mol. The molecule has 146 valence electrons. The van der Waals surface area contributed by atoms with Crippen molar-refractivity contribution in [2.24, 2.45) is 5.92 Å². The highest BCUT2D eigenvalue weighted by Crippen LogP contribution is 2.44. The fourth-order valence-electron chi connectivity index (χ4n) is 3.49. The zero-order chi connectivity index (χ0) is 19.0. The summed E-state index contributed by atoms with van der Waals surface area (Å²) in [5.41, 5.74) is -4.38. The maximum absolute atomic E-state index is 12.6. The number of hydrogen-bond donors (Lipinski definition) is 0. The normalized spacial score (nSPS) is 23.3. The minimum absolute atomic E-state index is 0.0207. The van der Waals surface area contributed by atoms with Crippen LogP contribution in [-0.2, 0) is 26.1 Å². The van der Waals surface area contributed by atoms with Crippen molar-refractivity contribution in [2.75, 3.05) is 26.3 Å². The van der Waals surface area contributed by atoms with Gasteiger partial charge in [-0.2, -0.15) is 17.5 Å². The van der Waals surface area contributed by atoms with Crippen molar-refractivity contribution in [3.8, 4) is 0 Å². The number of ether oxygens (including phenoxy) is 2. The summed E-state index contributed by atoms with van der Waals surface area (Å²) in [5.74, 6) is -0.0207. The number of aryl methyl sites for hydroxylation is 1. The summed E-state index contributed by atoms with van der Waals surface area (Å²) in [6, 6.07) is 5.64. The van der Waals surface area contributed by atoms with Gasteiger partial charge in [0.1, 0.15) is 0 Å². The SMILES string of the molecule is Cc1cccc(COCC[C@H]2CCOC23CN(S(=O)(=O)C(F)(F)F)C3)n1. The maximum Gasteiger partial charge on any atom is 0.511 e. The third-order valence-electron chi connectivity index (χ3n) is 4.93. The Kier molecular flexibility index (Phi) is 5.31. The molecule has 0 bridgehead atoms. The van der Waals surface area contributed by atoms with E-state index in [2.05, 4.69) is 4.98 Å². The van der Waals surface area contributed by atoms with Crippen LogP contribution in [0.1, 0.15) is 24.2 Å². The Bertz CT molecular complexity index is 748. The molecule has 1 aromatic rings. The highest BCUT2D eigenvalue weighted by molar-refractivity contribution is 7.90. The lowest BCUT2D eigenvalue weighted by molar-refractivity contribution is -0.115. The Balaban J connectivity index is 1.49. The van der Waals surface area contributed by atoms with E-state index in [1.807, 2.05) is 25.1 Å². The number of pyridine rings is 1. The maximum atomic E-state index is 12.6. The van der Waals surface area contributed by atoms with E-state index in [1.165, 1.54) is 0 Å². The average molecular weight is 394 g/mol. The largest absolute Gasteiger partial charge is 0.511 e. The van der Waals surface area contributed by atoms with Gasteiger partial charge < -0.3 is 9.47 Å². The number of rotatable bonds is 6. The number of halogens is 3. The summed E-state index contributed by atoms with van der Waals surface area (Å²) in [5, 5.41) is 0. The smallest absolute Gasteiger partial charge is 0.375 e. The molecule has 10 heteroatoms. The van der Waals surface area contributed by atoms with Gasteiger partial charge >= 0.3 is 15.5 Å². The van der Waals surface area contributed by atoms with Crippen molar-refractivity contribution in [2.45, 2.75) is 37.5 Å². The Hall–Kier alpha value is -1.23. The van der Waals surface area contributed by atoms with Gasteiger partial charge in [-0.3, -0.25) is 4.98 Å². The first-order chi connectivity index (χ1) is 12.1. The van der Waals surface area contributed by atoms with Gasteiger partial charge in [-0.25, -0.2) is 8.42 Å². The molecule has 1 spiro atoms. The van der Waals surface area contributed by atoms with Crippen LogP contribution < -0.4 is 0 Å². The zero-order valence-corrected chi connectivity index (χ0v) is 15.1. The lowest BCUT2D eigenvalue weighted by atomic mass is 9.80. The number of hydrogen-bond acceptors (Lipinski definition) is 5. The molecule has 2 aliphatic rings. The minimum Gasteiger partial charge on any atom is -0.375 e. The predicted molar refractivity (Wildman–Crippen MR) is 86.6 cm³/mol. The van der Waals surface area contributed by atoms with Gasteiger partial charge in [0.15, 0.2) is 0 Å². The molecule has 1 aromatic heterocycles. The zero-order valence-electron chi connectivity index (χ0n) is 14.3. The lowest BCUT2D eigenvalue weighted by Gasteiger charge is -2.49. The van der Waals surface area contributed by atoms with Gasteiger partial charge in [-0.1, -0.05) is 6.07 Å². The molecule has 0 aliphatic carbocycles. The van der Waals surface area contributed by atoms with Crippen LogP contribution >= 0.6 is 0 Å². The Labute approximate surface area is 150 Å². The van der Waals surface area contributed by atoms with E-state index in [-0.39, 0.29) is 19.0 Å². The van der Waals surface area contributed by atoms with Gasteiger partial charge in [-0.05, 0) is 37.8 Å². The van der Waals surface area contributed by atoms with E-state index in [0.29, 0.717) is 37.0 Å². The van der Waals surface area contributed by atoms with E-state index in [0.717, 1.165) is 11.4 Å². The molecule has 0 aromatic carbocycles. The Morgan fingerprint density at radius 2 is 2.12 bits per heavy atom. The summed E-state index contributed by atoms with van der Waals surface area (Å²) in [4.78, 5) is 4.33. The van der Waals surface area contributed by atoms with Crippen LogP contribution in [0.2, 0.25) is 0 Å². The van der Waals surface area contributed by atoms with E-state index < -0.39 is 21.1 Å². The van der Waals surface area contributed by atoms with E-state index in [9.17, 15) is 21.6 Å². The fourth-order valence-corrected chi connectivity index (χ4v) is 4.56. The molecule has 2 aliphatic heterocycles. The standard InChI is InChI=1S/C16H21F3N2O4S/c1-12-3-2-4-14(20-12)9-24-7-5-13-6-8-25-15(13)10-21(11-15)26(22,23)16(17,18)19/h2-4,13H,5-11H2,1H3/t13-/m0/s1.